The van der Waals surface area contributed by atoms with Crippen molar-refractivity contribution in [1.29, 1.82) is 0 Å². The molecule has 0 aliphatic heterocycles. The summed E-state index contributed by atoms with van der Waals surface area (Å²) in [7, 11) is 0. The first-order chi connectivity index (χ1) is 8.22. The molecule has 0 N–H and O–H groups in total. The highest BCUT2D eigenvalue weighted by Crippen LogP contribution is 2.29. The second-order valence-corrected chi connectivity index (χ2v) is 4.17. The smallest absolute Gasteiger partial charge is 0.133 e. The summed E-state index contributed by atoms with van der Waals surface area (Å²) in [6.45, 7) is 3.81. The van der Waals surface area contributed by atoms with E-state index in [0.717, 1.165) is 11.1 Å². The molecule has 0 aliphatic carbocycles. The third-order valence-electron chi connectivity index (χ3n) is 2.38. The Labute approximate surface area is 110 Å². The van der Waals surface area contributed by atoms with E-state index < -0.39 is 0 Å². The number of halogens is 2. The first kappa shape index (κ1) is 12.1. The largest absolute Gasteiger partial charge is 0.244 e. The van der Waals surface area contributed by atoms with E-state index in [0.29, 0.717) is 10.3 Å². The number of aromatic nitrogens is 2. The van der Waals surface area contributed by atoms with Gasteiger partial charge in [-0.25, -0.2) is 9.97 Å². The van der Waals surface area contributed by atoms with Crippen LogP contribution in [0.4, 0.5) is 0 Å². The van der Waals surface area contributed by atoms with Gasteiger partial charge in [0, 0.05) is 23.9 Å². The van der Waals surface area contributed by atoms with Crippen molar-refractivity contribution in [3.8, 4) is 0 Å². The van der Waals surface area contributed by atoms with Crippen LogP contribution < -0.4 is 0 Å². The Hall–Kier alpha value is -1.38. The molecular formula is C13H9Cl2N2. The molecule has 0 aliphatic rings. The third-order valence-corrected chi connectivity index (χ3v) is 2.90. The Morgan fingerprint density at radius 3 is 2.71 bits per heavy atom. The van der Waals surface area contributed by atoms with E-state index in [2.05, 4.69) is 22.6 Å². The number of hydrogen-bond acceptors (Lipinski definition) is 2. The minimum Gasteiger partial charge on any atom is -0.244 e. The zero-order valence-corrected chi connectivity index (χ0v) is 10.4. The molecule has 2 nitrogen and oxygen atoms in total. The fourth-order valence-electron chi connectivity index (χ4n) is 1.57. The molecule has 0 fully saturated rings. The normalized spacial score (nSPS) is 12.1. The fraction of sp³-hybridized carbons (Fsp3) is 0.0769. The summed E-state index contributed by atoms with van der Waals surface area (Å²) in [6, 6.07) is 8.42. The molecule has 4 heteroatoms. The maximum absolute atomic E-state index is 6.04. The van der Waals surface area contributed by atoms with Gasteiger partial charge < -0.3 is 0 Å². The van der Waals surface area contributed by atoms with Gasteiger partial charge in [0.15, 0.2) is 0 Å². The summed E-state index contributed by atoms with van der Waals surface area (Å²) in [5.74, 6) is -0.0824. The minimum atomic E-state index is -0.0824. The maximum atomic E-state index is 6.04. The molecule has 1 atom stereocenters. The molecule has 0 bridgehead atoms. The Morgan fingerprint density at radius 2 is 2.12 bits per heavy atom. The van der Waals surface area contributed by atoms with Crippen LogP contribution in [0, 0.1) is 6.07 Å². The maximum Gasteiger partial charge on any atom is 0.133 e. The average Bonchev–Trinajstić information content (AvgIpc) is 2.35. The molecule has 1 unspecified atom stereocenters. The predicted molar refractivity (Wildman–Crippen MR) is 69.4 cm³/mol. The van der Waals surface area contributed by atoms with E-state index >= 15 is 0 Å². The van der Waals surface area contributed by atoms with Crippen LogP contribution in [-0.4, -0.2) is 9.97 Å². The second-order valence-electron chi connectivity index (χ2n) is 3.42. The molecule has 2 aromatic rings. The first-order valence-corrected chi connectivity index (χ1v) is 5.74. The lowest BCUT2D eigenvalue weighted by Gasteiger charge is -2.13. The van der Waals surface area contributed by atoms with Crippen LogP contribution in [0.5, 0.6) is 0 Å². The number of nitrogens with zero attached hydrogens (tertiary/aromatic N) is 2. The van der Waals surface area contributed by atoms with E-state index in [1.165, 1.54) is 0 Å². The standard InChI is InChI=1S/C13H9Cl2N2/c1-2-10(9-5-6-12(14)17-8-9)11-4-3-7-16-13(11)15/h2-3,5-8,10H,1H2. The minimum absolute atomic E-state index is 0.0824. The van der Waals surface area contributed by atoms with Crippen LogP contribution in [0.25, 0.3) is 0 Å². The van der Waals surface area contributed by atoms with Gasteiger partial charge in [-0.05, 0) is 23.8 Å². The molecule has 0 saturated carbocycles. The van der Waals surface area contributed by atoms with Gasteiger partial charge in [-0.3, -0.25) is 0 Å². The highest BCUT2D eigenvalue weighted by Gasteiger charge is 2.14. The molecule has 0 amide bonds. The van der Waals surface area contributed by atoms with Crippen LogP contribution in [-0.2, 0) is 0 Å². The lowest BCUT2D eigenvalue weighted by molar-refractivity contribution is 0.992. The topological polar surface area (TPSA) is 25.8 Å². The monoisotopic (exact) mass is 263 g/mol. The zero-order valence-electron chi connectivity index (χ0n) is 8.90. The predicted octanol–water partition coefficient (Wildman–Crippen LogP) is 3.90. The Bertz CT molecular complexity index is 523. The summed E-state index contributed by atoms with van der Waals surface area (Å²) in [6.07, 6.45) is 5.09. The molecule has 2 rings (SSSR count). The lowest BCUT2D eigenvalue weighted by Crippen LogP contribution is -2.00. The number of hydrogen-bond donors (Lipinski definition) is 0. The second kappa shape index (κ2) is 5.30. The number of allylic oxidation sites excluding steroid dienone is 1. The SMILES string of the molecule is C=CC(c1ccc(Cl)nc1)c1[c]ccnc1Cl. The van der Waals surface area contributed by atoms with E-state index in [9.17, 15) is 0 Å². The quantitative estimate of drug-likeness (QED) is 0.620. The van der Waals surface area contributed by atoms with Crippen molar-refractivity contribution in [3.05, 3.63) is 70.7 Å². The molecule has 2 aromatic heterocycles. The summed E-state index contributed by atoms with van der Waals surface area (Å²) in [4.78, 5) is 8.07. The summed E-state index contributed by atoms with van der Waals surface area (Å²) < 4.78 is 0. The molecule has 17 heavy (non-hydrogen) atoms. The van der Waals surface area contributed by atoms with Crippen LogP contribution >= 0.6 is 23.2 Å². The molecule has 0 spiro atoms. The summed E-state index contributed by atoms with van der Waals surface area (Å²) in [5, 5.41) is 0.880. The van der Waals surface area contributed by atoms with Gasteiger partial charge in [-0.2, -0.15) is 0 Å². The lowest BCUT2D eigenvalue weighted by atomic mass is 9.94. The van der Waals surface area contributed by atoms with Crippen molar-refractivity contribution in [2.45, 2.75) is 5.92 Å². The highest BCUT2D eigenvalue weighted by molar-refractivity contribution is 6.30. The number of pyridine rings is 2. The van der Waals surface area contributed by atoms with Crippen LogP contribution in [0.1, 0.15) is 17.0 Å². The molecule has 1 radical (unpaired) electrons. The van der Waals surface area contributed by atoms with Crippen molar-refractivity contribution in [2.75, 3.05) is 0 Å². The van der Waals surface area contributed by atoms with Gasteiger partial charge in [0.25, 0.3) is 0 Å². The Morgan fingerprint density at radius 1 is 1.29 bits per heavy atom. The van der Waals surface area contributed by atoms with Crippen molar-refractivity contribution < 1.29 is 0 Å². The van der Waals surface area contributed by atoms with Crippen LogP contribution in [0.3, 0.4) is 0 Å². The van der Waals surface area contributed by atoms with Gasteiger partial charge in [-0.1, -0.05) is 35.3 Å². The van der Waals surface area contributed by atoms with Crippen LogP contribution in [0.15, 0.2) is 43.2 Å². The van der Waals surface area contributed by atoms with Crippen molar-refractivity contribution in [3.63, 3.8) is 0 Å². The van der Waals surface area contributed by atoms with Gasteiger partial charge in [0.1, 0.15) is 10.3 Å². The van der Waals surface area contributed by atoms with Gasteiger partial charge in [-0.15, -0.1) is 6.58 Å². The summed E-state index contributed by atoms with van der Waals surface area (Å²) >= 11 is 11.8. The van der Waals surface area contributed by atoms with E-state index in [1.807, 2.05) is 6.07 Å². The molecule has 85 valence electrons. The molecule has 0 saturated heterocycles. The first-order valence-electron chi connectivity index (χ1n) is 4.98. The Kier molecular flexibility index (Phi) is 3.77. The average molecular weight is 264 g/mol. The fourth-order valence-corrected chi connectivity index (χ4v) is 1.91. The van der Waals surface area contributed by atoms with Crippen LogP contribution in [0.2, 0.25) is 10.3 Å². The van der Waals surface area contributed by atoms with E-state index in [-0.39, 0.29) is 5.92 Å². The molecule has 2 heterocycles. The van der Waals surface area contributed by atoms with E-state index in [1.54, 1.807) is 30.6 Å². The van der Waals surface area contributed by atoms with Crippen molar-refractivity contribution >= 4 is 23.2 Å². The van der Waals surface area contributed by atoms with E-state index in [4.69, 9.17) is 23.2 Å². The van der Waals surface area contributed by atoms with Gasteiger partial charge in [0.2, 0.25) is 0 Å². The molecular weight excluding hydrogens is 255 g/mol. The third kappa shape index (κ3) is 2.65. The zero-order chi connectivity index (χ0) is 12.3. The highest BCUT2D eigenvalue weighted by atomic mass is 35.5. The van der Waals surface area contributed by atoms with Crippen molar-refractivity contribution in [2.24, 2.45) is 0 Å². The summed E-state index contributed by atoms with van der Waals surface area (Å²) in [5.41, 5.74) is 1.74. The van der Waals surface area contributed by atoms with Gasteiger partial charge >= 0.3 is 0 Å². The number of rotatable bonds is 3. The van der Waals surface area contributed by atoms with Gasteiger partial charge in [0.05, 0.1) is 0 Å². The van der Waals surface area contributed by atoms with Crippen molar-refractivity contribution in [1.82, 2.24) is 9.97 Å². The molecule has 0 aromatic carbocycles. The Balaban J connectivity index is 2.44.